The van der Waals surface area contributed by atoms with Gasteiger partial charge in [0.2, 0.25) is 5.91 Å². The number of aromatic hydroxyl groups is 1. The van der Waals surface area contributed by atoms with Gasteiger partial charge in [0, 0.05) is 50.9 Å². The number of hydrogen-bond acceptors (Lipinski definition) is 10. The summed E-state index contributed by atoms with van der Waals surface area (Å²) < 4.78 is 0. The second-order valence-electron chi connectivity index (χ2n) is 12.9. The van der Waals surface area contributed by atoms with Gasteiger partial charge in [0.15, 0.2) is 34.7 Å². The Labute approximate surface area is 249 Å². The van der Waals surface area contributed by atoms with E-state index in [1.807, 2.05) is 37.2 Å². The summed E-state index contributed by atoms with van der Waals surface area (Å²) in [4.78, 5) is 72.9. The second-order valence-corrected chi connectivity index (χ2v) is 12.9. The number of amides is 1. The van der Waals surface area contributed by atoms with Gasteiger partial charge in [0.1, 0.15) is 5.75 Å². The zero-order valence-corrected chi connectivity index (χ0v) is 24.7. The predicted octanol–water partition coefficient (Wildman–Crippen LogP) is 0.449. The molecule has 11 nitrogen and oxygen atoms in total. The lowest BCUT2D eigenvalue weighted by atomic mass is 9.52. The number of aliphatic hydroxyl groups is 1. The smallest absolute Gasteiger partial charge is 0.235 e. The van der Waals surface area contributed by atoms with Crippen LogP contribution in [0.4, 0.5) is 5.69 Å². The molecule has 0 aromatic heterocycles. The van der Waals surface area contributed by atoms with Crippen LogP contribution in [0.3, 0.4) is 0 Å². The van der Waals surface area contributed by atoms with E-state index in [4.69, 9.17) is 5.73 Å². The molecule has 4 N–H and O–H groups in total. The number of primary amides is 1. The van der Waals surface area contributed by atoms with E-state index in [0.29, 0.717) is 30.8 Å². The molecule has 3 aliphatic carbocycles. The number of rotatable bonds is 5. The summed E-state index contributed by atoms with van der Waals surface area (Å²) in [5.74, 6) is -10.4. The summed E-state index contributed by atoms with van der Waals surface area (Å²) in [6.07, 6.45) is 0.244. The molecule has 0 radical (unpaired) electrons. The lowest BCUT2D eigenvalue weighted by Gasteiger charge is -2.52. The van der Waals surface area contributed by atoms with E-state index in [-0.39, 0.29) is 24.2 Å². The van der Waals surface area contributed by atoms with Crippen LogP contribution in [0.2, 0.25) is 0 Å². The largest absolute Gasteiger partial charge is 0.507 e. The van der Waals surface area contributed by atoms with Gasteiger partial charge in [-0.25, -0.2) is 0 Å². The fourth-order valence-electron chi connectivity index (χ4n) is 7.98. The first-order valence-electron chi connectivity index (χ1n) is 14.5. The van der Waals surface area contributed by atoms with Crippen LogP contribution in [-0.4, -0.2) is 88.9 Å². The topological polar surface area (TPSA) is 162 Å². The van der Waals surface area contributed by atoms with E-state index in [1.54, 1.807) is 14.1 Å². The van der Waals surface area contributed by atoms with Crippen molar-refractivity contribution in [1.29, 1.82) is 0 Å². The number of phenolic OH excluding ortho intramolecular Hbond substituents is 1. The summed E-state index contributed by atoms with van der Waals surface area (Å²) >= 11 is 0. The van der Waals surface area contributed by atoms with Crippen LogP contribution < -0.4 is 10.6 Å². The normalized spacial score (nSPS) is 30.1. The summed E-state index contributed by atoms with van der Waals surface area (Å²) in [5, 5.41) is 23.4. The van der Waals surface area contributed by atoms with Crippen molar-refractivity contribution in [2.75, 3.05) is 33.1 Å². The highest BCUT2D eigenvalue weighted by Crippen LogP contribution is 2.52. The number of phenols is 1. The number of hydrogen-bond donors (Lipinski definition) is 3. The van der Waals surface area contributed by atoms with Crippen LogP contribution in [0.5, 0.6) is 5.75 Å². The standard InChI is InChI=1S/C32H36N4O7/c1-34(2)21-11-18(14-36-12-15-7-5-6-8-16(15)13-36)26(37)23-19(21)9-17-10-20-25(35(3)4)28(39)24(31(33)42)30(41)32(20,43)29(40)22(17)27(23)38/h5-8,11,17,20,22,24-25,37,43H,9-10,12-14H2,1-4H3,(H2,33,42)/t17-,20-,22?,24?,25-,32-/m1/s1. The van der Waals surface area contributed by atoms with Gasteiger partial charge < -0.3 is 20.8 Å². The number of benzene rings is 2. The van der Waals surface area contributed by atoms with E-state index >= 15 is 0 Å². The Balaban J connectivity index is 1.42. The molecule has 0 spiro atoms. The molecule has 1 heterocycles. The van der Waals surface area contributed by atoms with Crippen molar-refractivity contribution in [3.05, 3.63) is 58.1 Å². The SMILES string of the molecule is CN(C)c1cc(CN2Cc3ccccc3C2)c(O)c2c1C[C@@H]1C[C@@H]3[C@@H](N(C)C)C(=O)C(C(N)=O)C(=O)[C@]3(O)C(=O)C1C2=O. The Kier molecular flexibility index (Phi) is 6.83. The fraction of sp³-hybridized carbons (Fsp3) is 0.469. The van der Waals surface area contributed by atoms with Crippen LogP contribution >= 0.6 is 0 Å². The first-order chi connectivity index (χ1) is 20.3. The number of likely N-dealkylation sites (N-methyl/N-ethyl adjacent to an activating group) is 1. The Morgan fingerprint density at radius 1 is 1.05 bits per heavy atom. The van der Waals surface area contributed by atoms with Gasteiger partial charge in [-0.2, -0.15) is 0 Å². The van der Waals surface area contributed by atoms with Crippen molar-refractivity contribution < 1.29 is 34.2 Å². The molecular weight excluding hydrogens is 552 g/mol. The van der Waals surface area contributed by atoms with E-state index in [0.717, 1.165) is 5.69 Å². The van der Waals surface area contributed by atoms with Crippen LogP contribution in [0.25, 0.3) is 0 Å². The highest BCUT2D eigenvalue weighted by atomic mass is 16.3. The average molecular weight is 589 g/mol. The molecule has 2 unspecified atom stereocenters. The Bertz CT molecular complexity index is 1580. The van der Waals surface area contributed by atoms with Gasteiger partial charge >= 0.3 is 0 Å². The monoisotopic (exact) mass is 588 g/mol. The fourth-order valence-corrected chi connectivity index (χ4v) is 7.98. The van der Waals surface area contributed by atoms with E-state index in [9.17, 15) is 34.2 Å². The van der Waals surface area contributed by atoms with Crippen molar-refractivity contribution in [2.45, 2.75) is 44.1 Å². The molecule has 0 bridgehead atoms. The molecule has 4 aliphatic rings. The van der Waals surface area contributed by atoms with Gasteiger partial charge in [-0.15, -0.1) is 0 Å². The number of anilines is 1. The Hall–Kier alpha value is -3.93. The van der Waals surface area contributed by atoms with Crippen molar-refractivity contribution in [3.8, 4) is 5.75 Å². The summed E-state index contributed by atoms with van der Waals surface area (Å²) in [7, 11) is 6.82. The van der Waals surface area contributed by atoms with E-state index in [1.165, 1.54) is 16.0 Å². The maximum Gasteiger partial charge on any atom is 0.235 e. The molecule has 6 atom stereocenters. The Morgan fingerprint density at radius 2 is 1.67 bits per heavy atom. The minimum Gasteiger partial charge on any atom is -0.507 e. The Morgan fingerprint density at radius 3 is 2.23 bits per heavy atom. The lowest BCUT2D eigenvalue weighted by molar-refractivity contribution is -0.181. The van der Waals surface area contributed by atoms with Gasteiger partial charge in [-0.1, -0.05) is 24.3 Å². The van der Waals surface area contributed by atoms with Crippen LogP contribution in [0.1, 0.15) is 39.0 Å². The predicted molar refractivity (Wildman–Crippen MR) is 155 cm³/mol. The number of carbonyl (C=O) groups excluding carboxylic acids is 5. The first kappa shape index (κ1) is 29.2. The third-order valence-electron chi connectivity index (χ3n) is 9.90. The molecule has 2 fully saturated rings. The maximum absolute atomic E-state index is 14.2. The quantitative estimate of drug-likeness (QED) is 0.418. The molecule has 6 rings (SSSR count). The molecule has 0 saturated heterocycles. The summed E-state index contributed by atoms with van der Waals surface area (Å²) in [6.45, 7) is 1.73. The number of ketones is 4. The maximum atomic E-state index is 14.2. The van der Waals surface area contributed by atoms with Crippen LogP contribution in [-0.2, 0) is 45.2 Å². The zero-order chi connectivity index (χ0) is 31.1. The number of Topliss-reactive ketones (excluding diaryl/α,β-unsaturated/α-hetero) is 4. The van der Waals surface area contributed by atoms with Gasteiger partial charge in [-0.3, -0.25) is 33.8 Å². The number of nitrogens with two attached hydrogens (primary N) is 1. The highest BCUT2D eigenvalue weighted by molar-refractivity contribution is 6.32. The van der Waals surface area contributed by atoms with Gasteiger partial charge in [0.25, 0.3) is 0 Å². The van der Waals surface area contributed by atoms with Crippen molar-refractivity contribution >= 4 is 34.7 Å². The first-order valence-corrected chi connectivity index (χ1v) is 14.5. The van der Waals surface area contributed by atoms with Crippen LogP contribution in [0.15, 0.2) is 30.3 Å². The van der Waals surface area contributed by atoms with Crippen molar-refractivity contribution in [1.82, 2.24) is 9.80 Å². The van der Waals surface area contributed by atoms with E-state index in [2.05, 4.69) is 17.0 Å². The van der Waals surface area contributed by atoms with Gasteiger partial charge in [-0.05, 0) is 55.6 Å². The average Bonchev–Trinajstić information content (AvgIpc) is 3.34. The van der Waals surface area contributed by atoms with Crippen molar-refractivity contribution in [3.63, 3.8) is 0 Å². The summed E-state index contributed by atoms with van der Waals surface area (Å²) in [6, 6.07) is 8.84. The molecule has 226 valence electrons. The molecule has 43 heavy (non-hydrogen) atoms. The molecule has 2 aromatic carbocycles. The number of nitrogens with zero attached hydrogens (tertiary/aromatic N) is 3. The molecule has 2 aromatic rings. The highest BCUT2D eigenvalue weighted by Gasteiger charge is 2.69. The van der Waals surface area contributed by atoms with Gasteiger partial charge in [0.05, 0.1) is 17.5 Å². The van der Waals surface area contributed by atoms with Crippen LogP contribution in [0, 0.1) is 23.7 Å². The van der Waals surface area contributed by atoms with E-state index < -0.39 is 64.4 Å². The summed E-state index contributed by atoms with van der Waals surface area (Å²) in [5.41, 5.74) is 6.93. The molecule has 1 amide bonds. The van der Waals surface area contributed by atoms with Crippen molar-refractivity contribution in [2.24, 2.45) is 29.4 Å². The number of carbonyl (C=O) groups is 5. The lowest BCUT2D eigenvalue weighted by Crippen LogP contribution is -2.74. The third-order valence-corrected chi connectivity index (χ3v) is 9.90. The zero-order valence-electron chi connectivity index (χ0n) is 24.7. The minimum absolute atomic E-state index is 0.0181. The number of fused-ring (bicyclic) bond motifs is 4. The molecule has 1 aliphatic heterocycles. The molecule has 2 saturated carbocycles. The minimum atomic E-state index is -2.74. The molecular formula is C32H36N4O7. The second kappa shape index (κ2) is 10.1. The third kappa shape index (κ3) is 4.16. The molecule has 11 heteroatoms.